The van der Waals surface area contributed by atoms with E-state index < -0.39 is 12.0 Å². The number of hydrogen-bond acceptors (Lipinski definition) is 4. The average molecular weight is 356 g/mol. The third-order valence-corrected chi connectivity index (χ3v) is 4.94. The molecular weight excluding hydrogens is 332 g/mol. The fourth-order valence-corrected chi connectivity index (χ4v) is 3.45. The Balaban J connectivity index is 1.65. The molecule has 1 amide bonds. The summed E-state index contributed by atoms with van der Waals surface area (Å²) < 4.78 is 5.24. The first-order valence-corrected chi connectivity index (χ1v) is 8.75. The third kappa shape index (κ3) is 3.96. The molecule has 0 unspecified atom stereocenters. The van der Waals surface area contributed by atoms with Gasteiger partial charge in [0.05, 0.1) is 13.7 Å². The maximum absolute atomic E-state index is 12.5. The van der Waals surface area contributed by atoms with Crippen molar-refractivity contribution in [1.29, 1.82) is 0 Å². The highest BCUT2D eigenvalue weighted by molar-refractivity contribution is 5.85. The molecule has 138 valence electrons. The molecule has 1 aliphatic rings. The lowest BCUT2D eigenvalue weighted by molar-refractivity contribution is -0.143. The molecule has 1 heterocycles. The predicted molar refractivity (Wildman–Crippen MR) is 99.2 cm³/mol. The lowest BCUT2D eigenvalue weighted by atomic mass is 10.1. The number of likely N-dealkylation sites (N-methyl/N-ethyl adjacent to an activating group) is 1. The molecule has 0 radical (unpaired) electrons. The van der Waals surface area contributed by atoms with Gasteiger partial charge in [0.2, 0.25) is 5.91 Å². The van der Waals surface area contributed by atoms with Crippen LogP contribution in [0.4, 0.5) is 0 Å². The number of carboxylic acid groups (broad SMARTS) is 1. The number of rotatable bonds is 6. The molecule has 6 nitrogen and oxygen atoms in total. The SMILES string of the molecule is COc1ccc2cc(CN(C)C(=O)CN3CCC[C@H]3C(=O)O)ccc2c1. The Morgan fingerprint density at radius 3 is 2.69 bits per heavy atom. The molecule has 0 saturated carbocycles. The van der Waals surface area contributed by atoms with Crippen LogP contribution in [0.2, 0.25) is 0 Å². The zero-order chi connectivity index (χ0) is 18.7. The second kappa shape index (κ2) is 7.74. The number of nitrogens with zero attached hydrogens (tertiary/aromatic N) is 2. The number of carboxylic acids is 1. The quantitative estimate of drug-likeness (QED) is 0.860. The fraction of sp³-hybridized carbons (Fsp3) is 0.400. The molecule has 0 bridgehead atoms. The molecule has 6 heteroatoms. The summed E-state index contributed by atoms with van der Waals surface area (Å²) in [7, 11) is 3.40. The van der Waals surface area contributed by atoms with Gasteiger partial charge in [-0.25, -0.2) is 0 Å². The largest absolute Gasteiger partial charge is 0.497 e. The number of ether oxygens (including phenoxy) is 1. The molecule has 1 aliphatic heterocycles. The number of fused-ring (bicyclic) bond motifs is 1. The van der Waals surface area contributed by atoms with Crippen LogP contribution in [0.5, 0.6) is 5.75 Å². The zero-order valence-corrected chi connectivity index (χ0v) is 15.1. The van der Waals surface area contributed by atoms with Gasteiger partial charge in [0.25, 0.3) is 0 Å². The van der Waals surface area contributed by atoms with E-state index in [0.717, 1.165) is 28.5 Å². The summed E-state index contributed by atoms with van der Waals surface area (Å²) in [6.07, 6.45) is 1.43. The molecule has 0 aromatic heterocycles. The normalized spacial score (nSPS) is 17.4. The first kappa shape index (κ1) is 18.2. The molecule has 0 spiro atoms. The summed E-state index contributed by atoms with van der Waals surface area (Å²) in [5, 5.41) is 11.4. The van der Waals surface area contributed by atoms with Gasteiger partial charge in [0.15, 0.2) is 0 Å². The maximum atomic E-state index is 12.5. The predicted octanol–water partition coefficient (Wildman–Crippen LogP) is 2.36. The van der Waals surface area contributed by atoms with Gasteiger partial charge in [-0.2, -0.15) is 0 Å². The van der Waals surface area contributed by atoms with E-state index in [-0.39, 0.29) is 12.5 Å². The number of likely N-dealkylation sites (tertiary alicyclic amines) is 1. The molecule has 1 fully saturated rings. The number of benzene rings is 2. The summed E-state index contributed by atoms with van der Waals surface area (Å²) in [4.78, 5) is 27.2. The van der Waals surface area contributed by atoms with Crippen molar-refractivity contribution in [2.75, 3.05) is 27.2 Å². The van der Waals surface area contributed by atoms with Crippen LogP contribution >= 0.6 is 0 Å². The van der Waals surface area contributed by atoms with Gasteiger partial charge in [0.1, 0.15) is 11.8 Å². The van der Waals surface area contributed by atoms with Gasteiger partial charge in [-0.05, 0) is 53.9 Å². The van der Waals surface area contributed by atoms with Crippen molar-refractivity contribution in [3.63, 3.8) is 0 Å². The van der Waals surface area contributed by atoms with Crippen molar-refractivity contribution in [3.8, 4) is 5.75 Å². The van der Waals surface area contributed by atoms with Crippen LogP contribution < -0.4 is 4.74 Å². The van der Waals surface area contributed by atoms with E-state index in [1.54, 1.807) is 24.0 Å². The van der Waals surface area contributed by atoms with Crippen molar-refractivity contribution >= 4 is 22.6 Å². The Morgan fingerprint density at radius 2 is 1.96 bits per heavy atom. The number of amides is 1. The fourth-order valence-electron chi connectivity index (χ4n) is 3.45. The first-order valence-electron chi connectivity index (χ1n) is 8.75. The van der Waals surface area contributed by atoms with Gasteiger partial charge in [-0.15, -0.1) is 0 Å². The van der Waals surface area contributed by atoms with E-state index in [0.29, 0.717) is 19.5 Å². The minimum absolute atomic E-state index is 0.0621. The maximum Gasteiger partial charge on any atom is 0.320 e. The molecule has 1 atom stereocenters. The Hall–Kier alpha value is -2.60. The molecule has 1 saturated heterocycles. The minimum atomic E-state index is -0.845. The second-order valence-corrected chi connectivity index (χ2v) is 6.76. The van der Waals surface area contributed by atoms with Gasteiger partial charge < -0.3 is 14.7 Å². The monoisotopic (exact) mass is 356 g/mol. The van der Waals surface area contributed by atoms with E-state index >= 15 is 0 Å². The van der Waals surface area contributed by atoms with Crippen LogP contribution in [0.15, 0.2) is 36.4 Å². The smallest absolute Gasteiger partial charge is 0.320 e. The Kier molecular flexibility index (Phi) is 5.42. The van der Waals surface area contributed by atoms with Crippen LogP contribution in [-0.4, -0.2) is 60.1 Å². The van der Waals surface area contributed by atoms with Gasteiger partial charge in [-0.1, -0.05) is 18.2 Å². The summed E-state index contributed by atoms with van der Waals surface area (Å²) in [6, 6.07) is 11.4. The number of carbonyl (C=O) groups excluding carboxylic acids is 1. The summed E-state index contributed by atoms with van der Waals surface area (Å²) >= 11 is 0. The third-order valence-electron chi connectivity index (χ3n) is 4.94. The zero-order valence-electron chi connectivity index (χ0n) is 15.1. The lowest BCUT2D eigenvalue weighted by Crippen LogP contribution is -2.43. The van der Waals surface area contributed by atoms with Gasteiger partial charge >= 0.3 is 5.97 Å². The standard InChI is InChI=1S/C20H24N2O4/c1-21(19(23)13-22-9-3-4-18(22)20(24)25)12-14-5-6-16-11-17(26-2)8-7-15(16)10-14/h5-8,10-11,18H,3-4,9,12-13H2,1-2H3,(H,24,25)/t18-/m0/s1. The molecule has 2 aromatic carbocycles. The van der Waals surface area contributed by atoms with E-state index in [1.807, 2.05) is 30.3 Å². The number of aliphatic carboxylic acids is 1. The van der Waals surface area contributed by atoms with Crippen LogP contribution in [0, 0.1) is 0 Å². The summed E-state index contributed by atoms with van der Waals surface area (Å²) in [5.74, 6) is -0.0907. The van der Waals surface area contributed by atoms with Crippen LogP contribution in [0.25, 0.3) is 10.8 Å². The van der Waals surface area contributed by atoms with E-state index in [9.17, 15) is 14.7 Å². The molecular formula is C20H24N2O4. The molecule has 26 heavy (non-hydrogen) atoms. The second-order valence-electron chi connectivity index (χ2n) is 6.76. The highest BCUT2D eigenvalue weighted by Gasteiger charge is 2.32. The van der Waals surface area contributed by atoms with Crippen molar-refractivity contribution < 1.29 is 19.4 Å². The van der Waals surface area contributed by atoms with Crippen molar-refractivity contribution in [2.24, 2.45) is 0 Å². The van der Waals surface area contributed by atoms with Gasteiger partial charge in [-0.3, -0.25) is 14.5 Å². The van der Waals surface area contributed by atoms with Gasteiger partial charge in [0, 0.05) is 13.6 Å². The Morgan fingerprint density at radius 1 is 1.23 bits per heavy atom. The number of hydrogen-bond donors (Lipinski definition) is 1. The Bertz CT molecular complexity index is 821. The van der Waals surface area contributed by atoms with Crippen molar-refractivity contribution in [1.82, 2.24) is 9.80 Å². The van der Waals surface area contributed by atoms with Crippen LogP contribution in [0.1, 0.15) is 18.4 Å². The topological polar surface area (TPSA) is 70.1 Å². The Labute approximate surface area is 153 Å². The minimum Gasteiger partial charge on any atom is -0.497 e. The number of methoxy groups -OCH3 is 1. The van der Waals surface area contributed by atoms with Crippen LogP contribution in [0.3, 0.4) is 0 Å². The van der Waals surface area contributed by atoms with Crippen LogP contribution in [-0.2, 0) is 16.1 Å². The summed E-state index contributed by atoms with van der Waals surface area (Å²) in [5.41, 5.74) is 1.04. The van der Waals surface area contributed by atoms with E-state index in [2.05, 4.69) is 6.07 Å². The first-order chi connectivity index (χ1) is 12.5. The molecule has 0 aliphatic carbocycles. The molecule has 1 N–H and O–H groups in total. The van der Waals surface area contributed by atoms with E-state index in [1.165, 1.54) is 0 Å². The highest BCUT2D eigenvalue weighted by atomic mass is 16.5. The number of carbonyl (C=O) groups is 2. The van der Waals surface area contributed by atoms with Crippen molar-refractivity contribution in [2.45, 2.75) is 25.4 Å². The average Bonchev–Trinajstić information content (AvgIpc) is 3.09. The summed E-state index contributed by atoms with van der Waals surface area (Å²) in [6.45, 7) is 1.30. The molecule has 3 rings (SSSR count). The lowest BCUT2D eigenvalue weighted by Gasteiger charge is -2.24. The van der Waals surface area contributed by atoms with E-state index in [4.69, 9.17) is 4.74 Å². The molecule has 2 aromatic rings. The highest BCUT2D eigenvalue weighted by Crippen LogP contribution is 2.22. The van der Waals surface area contributed by atoms with Crippen molar-refractivity contribution in [3.05, 3.63) is 42.0 Å².